The van der Waals surface area contributed by atoms with Gasteiger partial charge < -0.3 is 19.6 Å². The number of rotatable bonds is 0. The minimum atomic E-state index is 0.357. The highest BCUT2D eigenvalue weighted by atomic mass is 16.3. The average molecular weight is 465 g/mol. The van der Waals surface area contributed by atoms with Crippen molar-refractivity contribution in [3.05, 3.63) is 76.8 Å². The molecule has 2 aromatic heterocycles. The molecule has 5 nitrogen and oxygen atoms in total. The molecule has 0 spiro atoms. The lowest BCUT2D eigenvalue weighted by molar-refractivity contribution is 0.160. The van der Waals surface area contributed by atoms with Crippen molar-refractivity contribution in [1.82, 2.24) is 19.4 Å². The molecule has 0 saturated carbocycles. The Balaban J connectivity index is 1.28. The molecule has 6 heterocycles. The van der Waals surface area contributed by atoms with Crippen LogP contribution in [0.15, 0.2) is 54.2 Å². The third-order valence-corrected chi connectivity index (χ3v) is 9.57. The van der Waals surface area contributed by atoms with E-state index in [1.165, 1.54) is 34.0 Å². The molecule has 2 N–H and O–H groups in total. The fourth-order valence-electron chi connectivity index (χ4n) is 7.92. The van der Waals surface area contributed by atoms with E-state index in [9.17, 15) is 5.11 Å². The van der Waals surface area contributed by atoms with Crippen molar-refractivity contribution in [3.8, 4) is 5.75 Å². The van der Waals surface area contributed by atoms with Crippen LogP contribution in [0.5, 0.6) is 5.75 Å². The van der Waals surface area contributed by atoms with Crippen molar-refractivity contribution in [2.24, 2.45) is 5.92 Å². The zero-order valence-electron chi connectivity index (χ0n) is 20.5. The number of aromatic hydroxyl groups is 1. The van der Waals surface area contributed by atoms with Crippen molar-refractivity contribution in [2.75, 3.05) is 20.1 Å². The van der Waals surface area contributed by atoms with Crippen LogP contribution in [0.3, 0.4) is 0 Å². The number of hydrogen-bond donors (Lipinski definition) is 2. The summed E-state index contributed by atoms with van der Waals surface area (Å²) in [4.78, 5) is 8.97. The molecule has 0 amide bonds. The number of nitrogens with one attached hydrogen (secondary N) is 1. The third-order valence-electron chi connectivity index (χ3n) is 9.57. The first-order valence-corrected chi connectivity index (χ1v) is 13.2. The van der Waals surface area contributed by atoms with Crippen LogP contribution in [0.25, 0.3) is 21.8 Å². The highest BCUT2D eigenvalue weighted by molar-refractivity contribution is 5.87. The van der Waals surface area contributed by atoms with Gasteiger partial charge in [0, 0.05) is 52.5 Å². The van der Waals surface area contributed by atoms with Crippen LogP contribution >= 0.6 is 0 Å². The highest BCUT2D eigenvalue weighted by Crippen LogP contribution is 2.52. The molecule has 0 unspecified atom stereocenters. The summed E-state index contributed by atoms with van der Waals surface area (Å²) in [7, 11) is 2.33. The Morgan fingerprint density at radius 3 is 2.69 bits per heavy atom. The number of hydrogen-bond acceptors (Lipinski definition) is 3. The van der Waals surface area contributed by atoms with Gasteiger partial charge in [0.1, 0.15) is 5.75 Å². The van der Waals surface area contributed by atoms with Gasteiger partial charge in [0.25, 0.3) is 0 Å². The molecule has 178 valence electrons. The predicted molar refractivity (Wildman–Crippen MR) is 140 cm³/mol. The fraction of sp³-hybridized carbons (Fsp3) is 0.400. The van der Waals surface area contributed by atoms with Crippen LogP contribution < -0.4 is 0 Å². The zero-order valence-corrected chi connectivity index (χ0v) is 20.5. The Bertz CT molecular complexity index is 1540. The summed E-state index contributed by atoms with van der Waals surface area (Å²) in [6.45, 7) is 4.61. The average Bonchev–Trinajstić information content (AvgIpc) is 3.36. The van der Waals surface area contributed by atoms with E-state index < -0.39 is 0 Å². The molecule has 35 heavy (non-hydrogen) atoms. The third kappa shape index (κ3) is 2.62. The fourth-order valence-corrected chi connectivity index (χ4v) is 7.92. The molecule has 8 rings (SSSR count). The Labute approximate surface area is 205 Å². The van der Waals surface area contributed by atoms with Gasteiger partial charge in [-0.05, 0) is 86.5 Å². The van der Waals surface area contributed by atoms with E-state index >= 15 is 0 Å². The largest absolute Gasteiger partial charge is 0.508 e. The number of allylic oxidation sites excluding steroid dienone is 1. The molecule has 0 fully saturated rings. The summed E-state index contributed by atoms with van der Waals surface area (Å²) in [5, 5.41) is 12.8. The maximum atomic E-state index is 10.1. The van der Waals surface area contributed by atoms with Crippen molar-refractivity contribution in [1.29, 1.82) is 0 Å². The van der Waals surface area contributed by atoms with Gasteiger partial charge in [0.05, 0.1) is 18.1 Å². The normalized spacial score (nSPS) is 27.7. The van der Waals surface area contributed by atoms with E-state index in [2.05, 4.69) is 63.8 Å². The number of aromatic amines is 1. The summed E-state index contributed by atoms with van der Waals surface area (Å²) in [6, 6.07) is 16.1. The smallest absolute Gasteiger partial charge is 0.116 e. The summed E-state index contributed by atoms with van der Waals surface area (Å²) in [5.41, 5.74) is 10.1. The summed E-state index contributed by atoms with van der Waals surface area (Å²) in [6.07, 6.45) is 7.05. The molecule has 0 saturated heterocycles. The molecule has 4 aromatic rings. The first kappa shape index (κ1) is 20.1. The molecular formula is C30H32N4O. The van der Waals surface area contributed by atoms with Gasteiger partial charge in [-0.1, -0.05) is 18.2 Å². The quantitative estimate of drug-likeness (QED) is 0.344. The maximum absolute atomic E-state index is 10.1. The Morgan fingerprint density at radius 1 is 0.943 bits per heavy atom. The maximum Gasteiger partial charge on any atom is 0.116 e. The number of likely N-dealkylation sites (N-methyl/N-ethyl adjacent to an activating group) is 1. The topological polar surface area (TPSA) is 47.4 Å². The van der Waals surface area contributed by atoms with Crippen LogP contribution in [0.2, 0.25) is 0 Å². The van der Waals surface area contributed by atoms with Crippen LogP contribution in [-0.4, -0.2) is 44.6 Å². The summed E-state index contributed by atoms with van der Waals surface area (Å²) < 4.78 is 2.69. The van der Waals surface area contributed by atoms with E-state index in [0.717, 1.165) is 37.9 Å². The van der Waals surface area contributed by atoms with E-state index in [1.54, 1.807) is 22.9 Å². The molecule has 4 aliphatic heterocycles. The van der Waals surface area contributed by atoms with E-state index in [4.69, 9.17) is 0 Å². The molecular weight excluding hydrogens is 432 g/mol. The highest BCUT2D eigenvalue weighted by Gasteiger charge is 2.43. The van der Waals surface area contributed by atoms with E-state index in [0.29, 0.717) is 29.8 Å². The summed E-state index contributed by atoms with van der Waals surface area (Å²) >= 11 is 0. The molecule has 2 aromatic carbocycles. The lowest BCUT2D eigenvalue weighted by Gasteiger charge is -2.43. The van der Waals surface area contributed by atoms with E-state index in [-0.39, 0.29) is 0 Å². The van der Waals surface area contributed by atoms with Crippen molar-refractivity contribution in [2.45, 2.75) is 50.7 Å². The monoisotopic (exact) mass is 464 g/mol. The van der Waals surface area contributed by atoms with Gasteiger partial charge in [0.15, 0.2) is 0 Å². The standard InChI is InChI=1S/C30H32N4O/c1-17-24-16-33-12-10-21-23-15-19(35)7-8-25(23)31-29(21)27(33)13-18(24)14-28-30-22(9-11-32(28)2)20-5-3-4-6-26(20)34(17)30/h3-8,15-18,27-28,31,35H,9-14H2,1-2H3/t17-,18+,27+,28-/m0/s1. The number of phenols is 1. The van der Waals surface area contributed by atoms with E-state index in [1.807, 2.05) is 12.1 Å². The summed E-state index contributed by atoms with van der Waals surface area (Å²) in [5.74, 6) is 0.921. The van der Waals surface area contributed by atoms with Gasteiger partial charge in [-0.25, -0.2) is 0 Å². The van der Waals surface area contributed by atoms with Crippen molar-refractivity contribution in [3.63, 3.8) is 0 Å². The number of nitrogens with zero attached hydrogens (tertiary/aromatic N) is 3. The molecule has 0 radical (unpaired) electrons. The van der Waals surface area contributed by atoms with Gasteiger partial charge >= 0.3 is 0 Å². The number of aromatic nitrogens is 2. The van der Waals surface area contributed by atoms with Gasteiger partial charge in [-0.15, -0.1) is 0 Å². The second kappa shape index (κ2) is 6.94. The molecule has 4 atom stereocenters. The van der Waals surface area contributed by atoms with Crippen LogP contribution in [0.1, 0.15) is 60.4 Å². The lowest BCUT2D eigenvalue weighted by Crippen LogP contribution is -2.38. The SMILES string of the molecule is C[C@H]1C2=CN3CCc4c([nH]c5ccc(O)cc45)[C@H]3C[C@@H]2C[C@H]2c3c(c4ccccc4n31)CCN2C. The number of H-pyrrole nitrogens is 1. The number of fused-ring (bicyclic) bond motifs is 9. The number of para-hydroxylation sites is 1. The van der Waals surface area contributed by atoms with Crippen molar-refractivity contribution >= 4 is 21.8 Å². The number of phenolic OH excluding ortho intramolecular Hbond substituents is 1. The Morgan fingerprint density at radius 2 is 1.77 bits per heavy atom. The molecule has 4 aliphatic rings. The Hall–Kier alpha value is -3.18. The molecule has 0 aliphatic carbocycles. The minimum absolute atomic E-state index is 0.357. The second-order valence-corrected chi connectivity index (χ2v) is 11.2. The first-order valence-electron chi connectivity index (χ1n) is 13.2. The zero-order chi connectivity index (χ0) is 23.4. The first-order chi connectivity index (χ1) is 17.1. The molecule has 0 bridgehead atoms. The van der Waals surface area contributed by atoms with Crippen LogP contribution in [0.4, 0.5) is 0 Å². The second-order valence-electron chi connectivity index (χ2n) is 11.2. The van der Waals surface area contributed by atoms with Gasteiger partial charge in [-0.2, -0.15) is 0 Å². The van der Waals surface area contributed by atoms with Gasteiger partial charge in [-0.3, -0.25) is 4.90 Å². The lowest BCUT2D eigenvalue weighted by atomic mass is 9.78. The number of benzene rings is 2. The van der Waals surface area contributed by atoms with Gasteiger partial charge in [0.2, 0.25) is 0 Å². The predicted octanol–water partition coefficient (Wildman–Crippen LogP) is 5.83. The van der Waals surface area contributed by atoms with Crippen molar-refractivity contribution < 1.29 is 5.11 Å². The van der Waals surface area contributed by atoms with Crippen LogP contribution in [-0.2, 0) is 12.8 Å². The Kier molecular flexibility index (Phi) is 3.98. The van der Waals surface area contributed by atoms with Crippen LogP contribution in [0, 0.1) is 5.92 Å². The minimum Gasteiger partial charge on any atom is -0.508 e. The molecule has 5 heteroatoms.